The van der Waals surface area contributed by atoms with Gasteiger partial charge in [-0.1, -0.05) is 0 Å². The molecule has 20 heavy (non-hydrogen) atoms. The fourth-order valence-corrected chi connectivity index (χ4v) is 4.29. The van der Waals surface area contributed by atoms with Crippen LogP contribution < -0.4 is 5.73 Å². The quantitative estimate of drug-likeness (QED) is 0.835. The van der Waals surface area contributed by atoms with Gasteiger partial charge in [-0.3, -0.25) is 4.90 Å². The van der Waals surface area contributed by atoms with Gasteiger partial charge in [-0.05, 0) is 51.6 Å². The van der Waals surface area contributed by atoms with Gasteiger partial charge in [0.15, 0.2) is 0 Å². The third-order valence-electron chi connectivity index (χ3n) is 4.10. The van der Waals surface area contributed by atoms with E-state index in [1.54, 1.807) is 29.4 Å². The Hall–Kier alpha value is -1.11. The highest BCUT2D eigenvalue weighted by Gasteiger charge is 2.37. The standard InChI is InChI=1S/C14H23N3O2S/c1-11-9-12(15)5-6-13(11)20(18,19)17-8-7-16(4)14(2,3)10-17/h5-6,9H,7-8,10,15H2,1-4H3. The molecule has 1 aliphatic heterocycles. The Balaban J connectivity index is 2.36. The second kappa shape index (κ2) is 5.02. The number of sulfonamides is 1. The highest BCUT2D eigenvalue weighted by Crippen LogP contribution is 2.27. The zero-order valence-electron chi connectivity index (χ0n) is 12.5. The molecule has 0 saturated carbocycles. The van der Waals surface area contributed by atoms with E-state index in [2.05, 4.69) is 18.7 Å². The summed E-state index contributed by atoms with van der Waals surface area (Å²) in [6.07, 6.45) is 0. The summed E-state index contributed by atoms with van der Waals surface area (Å²) < 4.78 is 27.1. The molecule has 2 N–H and O–H groups in total. The van der Waals surface area contributed by atoms with Crippen molar-refractivity contribution in [2.24, 2.45) is 0 Å². The van der Waals surface area contributed by atoms with Crippen molar-refractivity contribution in [3.8, 4) is 0 Å². The first-order chi connectivity index (χ1) is 9.14. The maximum atomic E-state index is 12.8. The fraction of sp³-hybridized carbons (Fsp3) is 0.571. The summed E-state index contributed by atoms with van der Waals surface area (Å²) in [5.41, 5.74) is 6.82. The van der Waals surface area contributed by atoms with Gasteiger partial charge in [-0.2, -0.15) is 4.31 Å². The van der Waals surface area contributed by atoms with Gasteiger partial charge < -0.3 is 5.73 Å². The van der Waals surface area contributed by atoms with Gasteiger partial charge >= 0.3 is 0 Å². The number of nitrogen functional groups attached to an aromatic ring is 1. The number of hydrogen-bond acceptors (Lipinski definition) is 4. The van der Waals surface area contributed by atoms with Crippen molar-refractivity contribution < 1.29 is 8.42 Å². The van der Waals surface area contributed by atoms with Crippen LogP contribution in [0.4, 0.5) is 5.69 Å². The summed E-state index contributed by atoms with van der Waals surface area (Å²) in [5.74, 6) is 0. The lowest BCUT2D eigenvalue weighted by atomic mass is 10.0. The molecule has 6 heteroatoms. The molecule has 0 aliphatic carbocycles. The summed E-state index contributed by atoms with van der Waals surface area (Å²) in [6, 6.07) is 4.94. The first-order valence-corrected chi connectivity index (χ1v) is 8.16. The largest absolute Gasteiger partial charge is 0.399 e. The average molecular weight is 297 g/mol. The number of hydrogen-bond donors (Lipinski definition) is 1. The monoisotopic (exact) mass is 297 g/mol. The van der Waals surface area contributed by atoms with Crippen molar-refractivity contribution >= 4 is 15.7 Å². The molecule has 1 fully saturated rings. The number of likely N-dealkylation sites (N-methyl/N-ethyl adjacent to an activating group) is 1. The molecule has 0 bridgehead atoms. The molecule has 0 atom stereocenters. The first kappa shape index (κ1) is 15.3. The molecule has 1 heterocycles. The number of piperazine rings is 1. The molecule has 1 aromatic rings. The van der Waals surface area contributed by atoms with E-state index in [0.29, 0.717) is 29.2 Å². The number of nitrogens with two attached hydrogens (primary N) is 1. The third-order valence-corrected chi connectivity index (χ3v) is 6.10. The van der Waals surface area contributed by atoms with Gasteiger partial charge in [-0.25, -0.2) is 8.42 Å². The van der Waals surface area contributed by atoms with E-state index in [4.69, 9.17) is 5.73 Å². The van der Waals surface area contributed by atoms with E-state index in [-0.39, 0.29) is 5.54 Å². The van der Waals surface area contributed by atoms with Crippen LogP contribution in [0.15, 0.2) is 23.1 Å². The molecular formula is C14H23N3O2S. The minimum atomic E-state index is -3.45. The summed E-state index contributed by atoms with van der Waals surface area (Å²) in [5, 5.41) is 0. The van der Waals surface area contributed by atoms with Crippen molar-refractivity contribution in [2.75, 3.05) is 32.4 Å². The molecule has 5 nitrogen and oxygen atoms in total. The Bertz CT molecular complexity index is 611. The first-order valence-electron chi connectivity index (χ1n) is 6.72. The minimum absolute atomic E-state index is 0.160. The smallest absolute Gasteiger partial charge is 0.243 e. The van der Waals surface area contributed by atoms with Gasteiger partial charge in [0, 0.05) is 30.9 Å². The molecule has 1 aliphatic rings. The lowest BCUT2D eigenvalue weighted by Gasteiger charge is -2.44. The number of aryl methyl sites for hydroxylation is 1. The van der Waals surface area contributed by atoms with Crippen molar-refractivity contribution in [2.45, 2.75) is 31.2 Å². The predicted molar refractivity (Wildman–Crippen MR) is 81.1 cm³/mol. The second-order valence-corrected chi connectivity index (χ2v) is 8.00. The van der Waals surface area contributed by atoms with Crippen molar-refractivity contribution in [3.63, 3.8) is 0 Å². The Morgan fingerprint density at radius 1 is 1.25 bits per heavy atom. The van der Waals surface area contributed by atoms with Crippen molar-refractivity contribution in [1.29, 1.82) is 0 Å². The van der Waals surface area contributed by atoms with E-state index in [1.165, 1.54) is 0 Å². The van der Waals surface area contributed by atoms with Gasteiger partial charge in [-0.15, -0.1) is 0 Å². The maximum Gasteiger partial charge on any atom is 0.243 e. The zero-order valence-corrected chi connectivity index (χ0v) is 13.4. The van der Waals surface area contributed by atoms with E-state index >= 15 is 0 Å². The van der Waals surface area contributed by atoms with E-state index in [9.17, 15) is 8.42 Å². The number of anilines is 1. The molecule has 1 saturated heterocycles. The normalized spacial score (nSPS) is 21.0. The Morgan fingerprint density at radius 3 is 2.45 bits per heavy atom. The molecule has 1 aromatic carbocycles. The zero-order chi connectivity index (χ0) is 15.1. The van der Waals surface area contributed by atoms with Crippen LogP contribution in [-0.4, -0.2) is 49.8 Å². The molecule has 2 rings (SSSR count). The van der Waals surface area contributed by atoms with Gasteiger partial charge in [0.1, 0.15) is 0 Å². The van der Waals surface area contributed by atoms with Crippen LogP contribution in [0.2, 0.25) is 0 Å². The van der Waals surface area contributed by atoms with Crippen molar-refractivity contribution in [3.05, 3.63) is 23.8 Å². The van der Waals surface area contributed by atoms with Gasteiger partial charge in [0.2, 0.25) is 10.0 Å². The minimum Gasteiger partial charge on any atom is -0.399 e. The Morgan fingerprint density at radius 2 is 1.90 bits per heavy atom. The highest BCUT2D eigenvalue weighted by atomic mass is 32.2. The van der Waals surface area contributed by atoms with Crippen molar-refractivity contribution in [1.82, 2.24) is 9.21 Å². The molecule has 0 spiro atoms. The van der Waals surface area contributed by atoms with Crippen LogP contribution in [0.1, 0.15) is 19.4 Å². The summed E-state index contributed by atoms with van der Waals surface area (Å²) in [6.45, 7) is 7.65. The number of rotatable bonds is 2. The number of benzene rings is 1. The Kier molecular flexibility index (Phi) is 3.83. The second-order valence-electron chi connectivity index (χ2n) is 6.10. The summed E-state index contributed by atoms with van der Waals surface area (Å²) >= 11 is 0. The van der Waals surface area contributed by atoms with Crippen LogP contribution >= 0.6 is 0 Å². The van der Waals surface area contributed by atoms with Gasteiger partial charge in [0.05, 0.1) is 4.90 Å². The fourth-order valence-electron chi connectivity index (χ4n) is 2.50. The van der Waals surface area contributed by atoms with E-state index < -0.39 is 10.0 Å². The SMILES string of the molecule is Cc1cc(N)ccc1S(=O)(=O)N1CCN(C)C(C)(C)C1. The number of nitrogens with zero attached hydrogens (tertiary/aromatic N) is 2. The van der Waals surface area contributed by atoms with E-state index in [1.807, 2.05) is 7.05 Å². The van der Waals surface area contributed by atoms with Crippen LogP contribution in [0.5, 0.6) is 0 Å². The van der Waals surface area contributed by atoms with Crippen LogP contribution in [0.3, 0.4) is 0 Å². The Labute approximate surface area is 121 Å². The topological polar surface area (TPSA) is 66.6 Å². The molecule has 0 amide bonds. The van der Waals surface area contributed by atoms with Gasteiger partial charge in [0.25, 0.3) is 0 Å². The summed E-state index contributed by atoms with van der Waals surface area (Å²) in [7, 11) is -1.43. The molecular weight excluding hydrogens is 274 g/mol. The molecule has 0 aromatic heterocycles. The van der Waals surface area contributed by atoms with Crippen LogP contribution in [0, 0.1) is 6.92 Å². The molecule has 112 valence electrons. The predicted octanol–water partition coefficient (Wildman–Crippen LogP) is 1.29. The van der Waals surface area contributed by atoms with E-state index in [0.717, 1.165) is 6.54 Å². The summed E-state index contributed by atoms with van der Waals surface area (Å²) in [4.78, 5) is 2.54. The lowest BCUT2D eigenvalue weighted by Crippen LogP contribution is -2.58. The molecule has 0 unspecified atom stereocenters. The highest BCUT2D eigenvalue weighted by molar-refractivity contribution is 7.89. The third kappa shape index (κ3) is 2.68. The lowest BCUT2D eigenvalue weighted by molar-refractivity contribution is 0.0801. The van der Waals surface area contributed by atoms with Crippen LogP contribution in [0.25, 0.3) is 0 Å². The van der Waals surface area contributed by atoms with Crippen LogP contribution in [-0.2, 0) is 10.0 Å². The maximum absolute atomic E-state index is 12.8. The molecule has 0 radical (unpaired) electrons. The average Bonchev–Trinajstić information content (AvgIpc) is 2.31.